The maximum atomic E-state index is 13.7. The second-order valence-corrected chi connectivity index (χ2v) is 5.85. The van der Waals surface area contributed by atoms with Crippen LogP contribution >= 0.6 is 0 Å². The van der Waals surface area contributed by atoms with Crippen molar-refractivity contribution in [2.24, 2.45) is 0 Å². The molecule has 0 spiro atoms. The third-order valence-electron chi connectivity index (χ3n) is 3.92. The highest BCUT2D eigenvalue weighted by Crippen LogP contribution is 2.25. The Morgan fingerprint density at radius 1 is 0.962 bits per heavy atom. The van der Waals surface area contributed by atoms with Crippen molar-refractivity contribution >= 4 is 11.6 Å². The van der Waals surface area contributed by atoms with Gasteiger partial charge in [0.25, 0.3) is 5.91 Å². The zero-order valence-corrected chi connectivity index (χ0v) is 14.7. The Morgan fingerprint density at radius 3 is 2.23 bits per heavy atom. The van der Waals surface area contributed by atoms with E-state index in [0.29, 0.717) is 22.6 Å². The Kier molecular flexibility index (Phi) is 4.93. The Bertz CT molecular complexity index is 950. The summed E-state index contributed by atoms with van der Waals surface area (Å²) >= 11 is 0. The van der Waals surface area contributed by atoms with Gasteiger partial charge in [0.05, 0.1) is 17.1 Å². The van der Waals surface area contributed by atoms with Crippen LogP contribution in [0.2, 0.25) is 0 Å². The van der Waals surface area contributed by atoms with Gasteiger partial charge in [0.15, 0.2) is 11.6 Å². The van der Waals surface area contributed by atoms with Crippen LogP contribution < -0.4 is 10.1 Å². The number of para-hydroxylation sites is 1. The summed E-state index contributed by atoms with van der Waals surface area (Å²) in [5.41, 5.74) is 3.04. The highest BCUT2D eigenvalue weighted by atomic mass is 19.1. The van der Waals surface area contributed by atoms with Gasteiger partial charge >= 0.3 is 6.01 Å². The smallest absolute Gasteiger partial charge is 0.322 e. The van der Waals surface area contributed by atoms with Crippen LogP contribution in [0.25, 0.3) is 0 Å². The number of nitrogens with zero attached hydrogens (tertiary/aromatic N) is 2. The van der Waals surface area contributed by atoms with Crippen LogP contribution in [0.5, 0.6) is 11.8 Å². The number of nitrogens with one attached hydrogen (secondary N) is 1. The summed E-state index contributed by atoms with van der Waals surface area (Å²) in [4.78, 5) is 21.0. The predicted molar refractivity (Wildman–Crippen MR) is 97.1 cm³/mol. The molecule has 0 saturated carbocycles. The minimum Gasteiger partial charge on any atom is -0.421 e. The van der Waals surface area contributed by atoms with E-state index >= 15 is 0 Å². The van der Waals surface area contributed by atoms with Gasteiger partial charge in [-0.3, -0.25) is 4.79 Å². The molecule has 1 N–H and O–H groups in total. The monoisotopic (exact) mass is 351 g/mol. The fourth-order valence-electron chi connectivity index (χ4n) is 2.55. The third kappa shape index (κ3) is 3.69. The van der Waals surface area contributed by atoms with Crippen LogP contribution in [-0.4, -0.2) is 15.9 Å². The van der Waals surface area contributed by atoms with Crippen molar-refractivity contribution in [3.8, 4) is 11.8 Å². The van der Waals surface area contributed by atoms with Gasteiger partial charge in [-0.15, -0.1) is 0 Å². The molecule has 1 aromatic heterocycles. The maximum Gasteiger partial charge on any atom is 0.322 e. The Balaban J connectivity index is 1.85. The third-order valence-corrected chi connectivity index (χ3v) is 3.92. The largest absolute Gasteiger partial charge is 0.421 e. The van der Waals surface area contributed by atoms with Crippen molar-refractivity contribution in [1.29, 1.82) is 0 Å². The lowest BCUT2D eigenvalue weighted by atomic mass is 10.1. The number of carbonyl (C=O) groups is 1. The molecule has 0 aliphatic carbocycles. The first-order valence-corrected chi connectivity index (χ1v) is 8.10. The average Bonchev–Trinajstić information content (AvgIpc) is 2.60. The number of halogens is 1. The molecule has 0 aliphatic heterocycles. The number of benzene rings is 2. The molecule has 3 aromatic rings. The summed E-state index contributed by atoms with van der Waals surface area (Å²) in [7, 11) is 0. The van der Waals surface area contributed by atoms with Gasteiger partial charge in [-0.25, -0.2) is 4.39 Å². The molecule has 1 heterocycles. The van der Waals surface area contributed by atoms with Crippen molar-refractivity contribution < 1.29 is 13.9 Å². The molecule has 3 rings (SSSR count). The van der Waals surface area contributed by atoms with Gasteiger partial charge in [0.1, 0.15) is 0 Å². The van der Waals surface area contributed by atoms with Crippen LogP contribution in [0.4, 0.5) is 10.1 Å². The van der Waals surface area contributed by atoms with Gasteiger partial charge in [0, 0.05) is 5.56 Å². The molecule has 2 aromatic carbocycles. The number of amides is 1. The lowest BCUT2D eigenvalue weighted by Gasteiger charge is -2.13. The van der Waals surface area contributed by atoms with Crippen molar-refractivity contribution in [2.45, 2.75) is 20.8 Å². The number of rotatable bonds is 4. The summed E-state index contributed by atoms with van der Waals surface area (Å²) < 4.78 is 19.1. The molecule has 0 fully saturated rings. The molecular weight excluding hydrogens is 333 g/mol. The number of hydrogen-bond donors (Lipinski definition) is 1. The normalized spacial score (nSPS) is 10.5. The molecule has 26 heavy (non-hydrogen) atoms. The van der Waals surface area contributed by atoms with E-state index in [1.165, 1.54) is 12.1 Å². The molecule has 132 valence electrons. The topological polar surface area (TPSA) is 64.1 Å². The van der Waals surface area contributed by atoms with E-state index in [4.69, 9.17) is 4.74 Å². The van der Waals surface area contributed by atoms with Crippen molar-refractivity contribution in [1.82, 2.24) is 9.97 Å². The first-order chi connectivity index (χ1) is 12.5. The Morgan fingerprint density at radius 2 is 1.58 bits per heavy atom. The van der Waals surface area contributed by atoms with E-state index in [0.717, 1.165) is 5.56 Å². The fraction of sp³-hybridized carbons (Fsp3) is 0.150. The van der Waals surface area contributed by atoms with Crippen molar-refractivity contribution in [3.05, 3.63) is 76.9 Å². The zero-order valence-electron chi connectivity index (χ0n) is 14.7. The first-order valence-electron chi connectivity index (χ1n) is 8.10. The van der Waals surface area contributed by atoms with Gasteiger partial charge < -0.3 is 10.1 Å². The predicted octanol–water partition coefficient (Wildman–Crippen LogP) is 4.59. The number of aryl methyl sites for hydroxylation is 3. The van der Waals surface area contributed by atoms with E-state index in [-0.39, 0.29) is 17.7 Å². The number of anilines is 1. The fourth-order valence-corrected chi connectivity index (χ4v) is 2.55. The summed E-state index contributed by atoms with van der Waals surface area (Å²) in [6, 6.07) is 13.4. The molecule has 6 heteroatoms. The summed E-state index contributed by atoms with van der Waals surface area (Å²) in [6.45, 7) is 5.34. The van der Waals surface area contributed by atoms with Gasteiger partial charge in [-0.1, -0.05) is 30.3 Å². The van der Waals surface area contributed by atoms with E-state index < -0.39 is 5.82 Å². The van der Waals surface area contributed by atoms with Crippen LogP contribution in [-0.2, 0) is 0 Å². The van der Waals surface area contributed by atoms with Gasteiger partial charge in [-0.05, 0) is 44.5 Å². The summed E-state index contributed by atoms with van der Waals surface area (Å²) in [5.74, 6) is -0.688. The molecule has 0 bridgehead atoms. The van der Waals surface area contributed by atoms with Crippen molar-refractivity contribution in [3.63, 3.8) is 0 Å². The lowest BCUT2D eigenvalue weighted by Crippen LogP contribution is -2.16. The van der Waals surface area contributed by atoms with E-state index in [2.05, 4.69) is 15.3 Å². The molecule has 0 saturated heterocycles. The molecule has 0 unspecified atom stereocenters. The lowest BCUT2D eigenvalue weighted by molar-refractivity contribution is 0.102. The quantitative estimate of drug-likeness (QED) is 0.747. The molecule has 0 atom stereocenters. The second-order valence-electron chi connectivity index (χ2n) is 5.85. The second kappa shape index (κ2) is 7.31. The van der Waals surface area contributed by atoms with Crippen LogP contribution in [0, 0.1) is 26.6 Å². The minimum absolute atomic E-state index is 0.0268. The van der Waals surface area contributed by atoms with Crippen molar-refractivity contribution in [2.75, 3.05) is 5.32 Å². The highest BCUT2D eigenvalue weighted by Gasteiger charge is 2.15. The first kappa shape index (κ1) is 17.5. The van der Waals surface area contributed by atoms with E-state index in [1.807, 2.05) is 25.1 Å². The average molecular weight is 351 g/mol. The molecule has 0 aliphatic rings. The van der Waals surface area contributed by atoms with E-state index in [1.54, 1.807) is 32.0 Å². The SMILES string of the molecule is Cc1ccccc1C(=O)Nc1c(C)nc(Oc2ccccc2F)nc1C. The highest BCUT2D eigenvalue weighted by molar-refractivity contribution is 6.05. The van der Waals surface area contributed by atoms with E-state index in [9.17, 15) is 9.18 Å². The molecular formula is C20H18FN3O2. The minimum atomic E-state index is -0.497. The molecule has 0 radical (unpaired) electrons. The Labute approximate surface area is 150 Å². The van der Waals surface area contributed by atoms with Crippen LogP contribution in [0.3, 0.4) is 0 Å². The maximum absolute atomic E-state index is 13.7. The van der Waals surface area contributed by atoms with Gasteiger partial charge in [-0.2, -0.15) is 9.97 Å². The number of carbonyl (C=O) groups excluding carboxylic acids is 1. The zero-order chi connectivity index (χ0) is 18.7. The molecule has 5 nitrogen and oxygen atoms in total. The van der Waals surface area contributed by atoms with Crippen LogP contribution in [0.1, 0.15) is 27.3 Å². The number of aromatic nitrogens is 2. The Hall–Kier alpha value is -3.28. The standard InChI is InChI=1S/C20H18FN3O2/c1-12-8-4-5-9-15(12)19(25)24-18-13(2)22-20(23-14(18)3)26-17-11-7-6-10-16(17)21/h4-11H,1-3H3,(H,24,25). The number of hydrogen-bond acceptors (Lipinski definition) is 4. The van der Waals surface area contributed by atoms with Crippen LogP contribution in [0.15, 0.2) is 48.5 Å². The number of ether oxygens (including phenoxy) is 1. The summed E-state index contributed by atoms with van der Waals surface area (Å²) in [5, 5.41) is 2.84. The van der Waals surface area contributed by atoms with Gasteiger partial charge in [0.2, 0.25) is 0 Å². The summed E-state index contributed by atoms with van der Waals surface area (Å²) in [6.07, 6.45) is 0. The molecule has 1 amide bonds.